The van der Waals surface area contributed by atoms with Gasteiger partial charge in [-0.05, 0) is 37.3 Å². The van der Waals surface area contributed by atoms with Gasteiger partial charge in [0.1, 0.15) is 11.4 Å². The number of nitrogens with one attached hydrogen (secondary N) is 1. The number of furan rings is 1. The molecule has 4 nitrogen and oxygen atoms in total. The van der Waals surface area contributed by atoms with E-state index >= 15 is 0 Å². The van der Waals surface area contributed by atoms with Crippen LogP contribution in [0.2, 0.25) is 10.0 Å². The molecule has 0 aliphatic rings. The molecule has 2 aromatic rings. The SMILES string of the molecule is CC(O)(CNC(=O)c1ccc(Cl)c(Cl)c1)c1ccco1. The molecule has 1 heterocycles. The number of amides is 1. The van der Waals surface area contributed by atoms with Crippen molar-refractivity contribution in [3.05, 3.63) is 58.0 Å². The molecular formula is C14H13Cl2NO3. The molecule has 0 fully saturated rings. The molecule has 1 aromatic heterocycles. The van der Waals surface area contributed by atoms with Crippen LogP contribution < -0.4 is 5.32 Å². The van der Waals surface area contributed by atoms with Gasteiger partial charge in [-0.3, -0.25) is 4.79 Å². The minimum absolute atomic E-state index is 0.0135. The second kappa shape index (κ2) is 5.87. The molecule has 0 saturated carbocycles. The van der Waals surface area contributed by atoms with Crippen LogP contribution >= 0.6 is 23.2 Å². The van der Waals surface area contributed by atoms with Gasteiger partial charge in [-0.15, -0.1) is 0 Å². The molecule has 0 saturated heterocycles. The van der Waals surface area contributed by atoms with Crippen LogP contribution in [0, 0.1) is 0 Å². The van der Waals surface area contributed by atoms with Crippen molar-refractivity contribution in [2.24, 2.45) is 0 Å². The Morgan fingerprint density at radius 2 is 2.10 bits per heavy atom. The molecule has 6 heteroatoms. The summed E-state index contributed by atoms with van der Waals surface area (Å²) in [6.45, 7) is 1.57. The molecule has 0 spiro atoms. The van der Waals surface area contributed by atoms with Crippen LogP contribution in [-0.4, -0.2) is 17.6 Å². The van der Waals surface area contributed by atoms with E-state index in [0.717, 1.165) is 0 Å². The van der Waals surface area contributed by atoms with Crippen molar-refractivity contribution in [1.29, 1.82) is 0 Å². The summed E-state index contributed by atoms with van der Waals surface area (Å²) in [5.41, 5.74) is -0.912. The molecule has 20 heavy (non-hydrogen) atoms. The standard InChI is InChI=1S/C14H13Cl2NO3/c1-14(19,12-3-2-6-20-12)8-17-13(18)9-4-5-10(15)11(16)7-9/h2-7,19H,8H2,1H3,(H,17,18). The van der Waals surface area contributed by atoms with Gasteiger partial charge >= 0.3 is 0 Å². The van der Waals surface area contributed by atoms with E-state index < -0.39 is 5.60 Å². The average molecular weight is 314 g/mol. The summed E-state index contributed by atoms with van der Waals surface area (Å²) >= 11 is 11.6. The highest BCUT2D eigenvalue weighted by Gasteiger charge is 2.27. The van der Waals surface area contributed by atoms with E-state index in [4.69, 9.17) is 27.6 Å². The van der Waals surface area contributed by atoms with Crippen LogP contribution in [0.3, 0.4) is 0 Å². The summed E-state index contributed by atoms with van der Waals surface area (Å²) in [4.78, 5) is 12.0. The van der Waals surface area contributed by atoms with E-state index in [1.54, 1.807) is 31.2 Å². The van der Waals surface area contributed by atoms with E-state index in [-0.39, 0.29) is 12.5 Å². The summed E-state index contributed by atoms with van der Waals surface area (Å²) in [7, 11) is 0. The van der Waals surface area contributed by atoms with E-state index in [1.807, 2.05) is 0 Å². The predicted molar refractivity (Wildman–Crippen MR) is 77.1 cm³/mol. The van der Waals surface area contributed by atoms with Crippen LogP contribution in [0.15, 0.2) is 41.0 Å². The number of halogens is 2. The quantitative estimate of drug-likeness (QED) is 0.911. The highest BCUT2D eigenvalue weighted by molar-refractivity contribution is 6.42. The van der Waals surface area contributed by atoms with Crippen LogP contribution in [0.4, 0.5) is 0 Å². The Balaban J connectivity index is 2.03. The van der Waals surface area contributed by atoms with Crippen molar-refractivity contribution in [3.63, 3.8) is 0 Å². The minimum atomic E-state index is -1.28. The Kier molecular flexibility index (Phi) is 4.38. The highest BCUT2D eigenvalue weighted by Crippen LogP contribution is 2.23. The zero-order valence-electron chi connectivity index (χ0n) is 10.7. The van der Waals surface area contributed by atoms with Crippen LogP contribution in [0.25, 0.3) is 0 Å². The first-order valence-corrected chi connectivity index (χ1v) is 6.65. The molecule has 1 unspecified atom stereocenters. The van der Waals surface area contributed by atoms with Gasteiger partial charge in [-0.25, -0.2) is 0 Å². The van der Waals surface area contributed by atoms with E-state index in [2.05, 4.69) is 5.32 Å². The smallest absolute Gasteiger partial charge is 0.251 e. The topological polar surface area (TPSA) is 62.5 Å². The van der Waals surface area contributed by atoms with Gasteiger partial charge in [0.2, 0.25) is 0 Å². The van der Waals surface area contributed by atoms with Gasteiger partial charge in [0.05, 0.1) is 22.9 Å². The van der Waals surface area contributed by atoms with Crippen LogP contribution in [0.5, 0.6) is 0 Å². The number of benzene rings is 1. The fourth-order valence-corrected chi connectivity index (χ4v) is 1.96. The van der Waals surface area contributed by atoms with Crippen molar-refractivity contribution in [2.45, 2.75) is 12.5 Å². The molecule has 1 amide bonds. The zero-order valence-corrected chi connectivity index (χ0v) is 12.2. The van der Waals surface area contributed by atoms with E-state index in [9.17, 15) is 9.90 Å². The fraction of sp³-hybridized carbons (Fsp3) is 0.214. The summed E-state index contributed by atoms with van der Waals surface area (Å²) in [6, 6.07) is 7.89. The molecular weight excluding hydrogens is 301 g/mol. The summed E-state index contributed by atoms with van der Waals surface area (Å²) < 4.78 is 5.13. The predicted octanol–water partition coefficient (Wildman–Crippen LogP) is 3.22. The van der Waals surface area contributed by atoms with Gasteiger partial charge in [-0.1, -0.05) is 23.2 Å². The van der Waals surface area contributed by atoms with E-state index in [1.165, 1.54) is 12.3 Å². The Hall–Kier alpha value is -1.49. The number of aliphatic hydroxyl groups is 1. The average Bonchev–Trinajstić information content (AvgIpc) is 2.94. The number of rotatable bonds is 4. The van der Waals surface area contributed by atoms with Gasteiger partial charge < -0.3 is 14.8 Å². The lowest BCUT2D eigenvalue weighted by Crippen LogP contribution is -2.38. The van der Waals surface area contributed by atoms with Crippen molar-refractivity contribution in [3.8, 4) is 0 Å². The number of carbonyl (C=O) groups is 1. The first-order chi connectivity index (χ1) is 9.40. The van der Waals surface area contributed by atoms with Gasteiger partial charge in [0, 0.05) is 5.56 Å². The first-order valence-electron chi connectivity index (χ1n) is 5.90. The number of carbonyl (C=O) groups excluding carboxylic acids is 1. The Morgan fingerprint density at radius 3 is 2.70 bits per heavy atom. The monoisotopic (exact) mass is 313 g/mol. The molecule has 2 rings (SSSR count). The maximum Gasteiger partial charge on any atom is 0.251 e. The van der Waals surface area contributed by atoms with Crippen LogP contribution in [-0.2, 0) is 5.60 Å². The molecule has 0 bridgehead atoms. The van der Waals surface area contributed by atoms with Gasteiger partial charge in [0.25, 0.3) is 5.91 Å². The Bertz CT molecular complexity index is 609. The lowest BCUT2D eigenvalue weighted by atomic mass is 10.0. The molecule has 1 aromatic carbocycles. The normalized spacial score (nSPS) is 13.8. The largest absolute Gasteiger partial charge is 0.466 e. The third kappa shape index (κ3) is 3.33. The van der Waals surface area contributed by atoms with Crippen molar-refractivity contribution < 1.29 is 14.3 Å². The molecule has 1 atom stereocenters. The second-order valence-electron chi connectivity index (χ2n) is 4.56. The van der Waals surface area contributed by atoms with Gasteiger partial charge in [0.15, 0.2) is 0 Å². The fourth-order valence-electron chi connectivity index (χ4n) is 1.66. The molecule has 0 aliphatic carbocycles. The van der Waals surface area contributed by atoms with Gasteiger partial charge in [-0.2, -0.15) is 0 Å². The number of hydrogen-bond acceptors (Lipinski definition) is 3. The number of hydrogen-bond donors (Lipinski definition) is 2. The highest BCUT2D eigenvalue weighted by atomic mass is 35.5. The molecule has 2 N–H and O–H groups in total. The van der Waals surface area contributed by atoms with Crippen molar-refractivity contribution in [1.82, 2.24) is 5.32 Å². The van der Waals surface area contributed by atoms with Crippen LogP contribution in [0.1, 0.15) is 23.0 Å². The lowest BCUT2D eigenvalue weighted by molar-refractivity contribution is 0.0330. The zero-order chi connectivity index (χ0) is 14.8. The van der Waals surface area contributed by atoms with Crippen molar-refractivity contribution in [2.75, 3.05) is 6.54 Å². The maximum absolute atomic E-state index is 12.0. The van der Waals surface area contributed by atoms with Crippen molar-refractivity contribution >= 4 is 29.1 Å². The molecule has 0 radical (unpaired) electrons. The Morgan fingerprint density at radius 1 is 1.35 bits per heavy atom. The lowest BCUT2D eigenvalue weighted by Gasteiger charge is -2.21. The maximum atomic E-state index is 12.0. The Labute approximate surface area is 126 Å². The first kappa shape index (κ1) is 14.9. The molecule has 106 valence electrons. The summed E-state index contributed by atoms with van der Waals surface area (Å²) in [5, 5.41) is 13.5. The molecule has 0 aliphatic heterocycles. The second-order valence-corrected chi connectivity index (χ2v) is 5.38. The minimum Gasteiger partial charge on any atom is -0.466 e. The third-order valence-corrected chi connectivity index (χ3v) is 3.57. The summed E-state index contributed by atoms with van der Waals surface area (Å²) in [6.07, 6.45) is 1.46. The third-order valence-electron chi connectivity index (χ3n) is 2.83. The summed E-state index contributed by atoms with van der Waals surface area (Å²) in [5.74, 6) is 0.0299. The van der Waals surface area contributed by atoms with E-state index in [0.29, 0.717) is 21.4 Å².